The van der Waals surface area contributed by atoms with Gasteiger partial charge in [0.25, 0.3) is 5.91 Å². The fourth-order valence-corrected chi connectivity index (χ4v) is 1.86. The molecule has 2 rings (SSSR count). The minimum Gasteiger partial charge on any atom is -0.361 e. The molecule has 0 saturated heterocycles. The standard InChI is InChI=1S/C15H15N3O/c1-10(2)18-15(19)11(8-16)7-12-9-17-14-6-4-3-5-13(12)14/h3-7,9-10,17H,1-2H3,(H,18,19)/b11-7+. The number of amides is 1. The van der Waals surface area contributed by atoms with Crippen LogP contribution in [0.5, 0.6) is 0 Å². The minimum absolute atomic E-state index is 0.00668. The fraction of sp³-hybridized carbons (Fsp3) is 0.200. The minimum atomic E-state index is -0.345. The maximum Gasteiger partial charge on any atom is 0.262 e. The zero-order chi connectivity index (χ0) is 13.8. The quantitative estimate of drug-likeness (QED) is 0.652. The predicted molar refractivity (Wildman–Crippen MR) is 75.2 cm³/mol. The van der Waals surface area contributed by atoms with Crippen molar-refractivity contribution in [3.8, 4) is 6.07 Å². The second kappa shape index (κ2) is 5.40. The number of fused-ring (bicyclic) bond motifs is 1. The van der Waals surface area contributed by atoms with Crippen LogP contribution in [0.25, 0.3) is 17.0 Å². The smallest absolute Gasteiger partial charge is 0.262 e. The molecule has 4 nitrogen and oxygen atoms in total. The maximum absolute atomic E-state index is 11.8. The van der Waals surface area contributed by atoms with Crippen molar-refractivity contribution in [1.82, 2.24) is 10.3 Å². The van der Waals surface area contributed by atoms with Gasteiger partial charge in [0.2, 0.25) is 0 Å². The lowest BCUT2D eigenvalue weighted by atomic mass is 10.1. The molecular weight excluding hydrogens is 238 g/mol. The third-order valence-corrected chi connectivity index (χ3v) is 2.71. The third kappa shape index (κ3) is 2.83. The Morgan fingerprint density at radius 2 is 2.16 bits per heavy atom. The predicted octanol–water partition coefficient (Wildman–Crippen LogP) is 2.60. The summed E-state index contributed by atoms with van der Waals surface area (Å²) in [6.07, 6.45) is 3.40. The average Bonchev–Trinajstić information content (AvgIpc) is 2.78. The summed E-state index contributed by atoms with van der Waals surface area (Å²) in [5, 5.41) is 12.8. The molecular formula is C15H15N3O. The number of nitrogens with one attached hydrogen (secondary N) is 2. The lowest BCUT2D eigenvalue weighted by Gasteiger charge is -2.06. The van der Waals surface area contributed by atoms with Gasteiger partial charge < -0.3 is 10.3 Å². The molecule has 0 unspecified atom stereocenters. The number of aromatic nitrogens is 1. The van der Waals surface area contributed by atoms with E-state index in [0.717, 1.165) is 16.5 Å². The molecule has 96 valence electrons. The van der Waals surface area contributed by atoms with Crippen LogP contribution in [0.3, 0.4) is 0 Å². The van der Waals surface area contributed by atoms with Gasteiger partial charge in [0.05, 0.1) is 0 Å². The molecule has 1 aromatic carbocycles. The number of benzene rings is 1. The molecule has 0 fully saturated rings. The Morgan fingerprint density at radius 1 is 1.42 bits per heavy atom. The summed E-state index contributed by atoms with van der Waals surface area (Å²) >= 11 is 0. The van der Waals surface area contributed by atoms with Crippen LogP contribution in [0.15, 0.2) is 36.0 Å². The van der Waals surface area contributed by atoms with Crippen LogP contribution in [-0.4, -0.2) is 16.9 Å². The van der Waals surface area contributed by atoms with Gasteiger partial charge in [-0.1, -0.05) is 18.2 Å². The molecule has 0 aliphatic rings. The van der Waals surface area contributed by atoms with Crippen molar-refractivity contribution in [2.24, 2.45) is 0 Å². The Morgan fingerprint density at radius 3 is 2.84 bits per heavy atom. The van der Waals surface area contributed by atoms with Gasteiger partial charge in [0.15, 0.2) is 0 Å². The van der Waals surface area contributed by atoms with Crippen molar-refractivity contribution in [3.63, 3.8) is 0 Å². The van der Waals surface area contributed by atoms with Gasteiger partial charge in [-0.2, -0.15) is 5.26 Å². The Hall–Kier alpha value is -2.54. The molecule has 1 heterocycles. The fourth-order valence-electron chi connectivity index (χ4n) is 1.86. The number of nitriles is 1. The Labute approximate surface area is 111 Å². The van der Waals surface area contributed by atoms with Crippen molar-refractivity contribution in [2.45, 2.75) is 19.9 Å². The Balaban J connectivity index is 2.38. The van der Waals surface area contributed by atoms with E-state index < -0.39 is 0 Å². The molecule has 0 radical (unpaired) electrons. The van der Waals surface area contributed by atoms with Gasteiger partial charge in [-0.25, -0.2) is 0 Å². The third-order valence-electron chi connectivity index (χ3n) is 2.71. The Kier molecular flexibility index (Phi) is 3.67. The van der Waals surface area contributed by atoms with E-state index in [1.807, 2.05) is 44.2 Å². The van der Waals surface area contributed by atoms with E-state index in [1.54, 1.807) is 12.3 Å². The van der Waals surface area contributed by atoms with Crippen molar-refractivity contribution in [1.29, 1.82) is 5.26 Å². The lowest BCUT2D eigenvalue weighted by molar-refractivity contribution is -0.117. The lowest BCUT2D eigenvalue weighted by Crippen LogP contribution is -2.30. The van der Waals surface area contributed by atoms with Crippen LogP contribution in [-0.2, 0) is 4.79 Å². The van der Waals surface area contributed by atoms with Crippen LogP contribution < -0.4 is 5.32 Å². The van der Waals surface area contributed by atoms with Gasteiger partial charge in [-0.15, -0.1) is 0 Å². The molecule has 1 aromatic heterocycles. The summed E-state index contributed by atoms with van der Waals surface area (Å²) in [6.45, 7) is 3.72. The largest absolute Gasteiger partial charge is 0.361 e. The van der Waals surface area contributed by atoms with Crippen molar-refractivity contribution >= 4 is 22.9 Å². The van der Waals surface area contributed by atoms with Crippen LogP contribution in [0.2, 0.25) is 0 Å². The van der Waals surface area contributed by atoms with E-state index in [2.05, 4.69) is 10.3 Å². The van der Waals surface area contributed by atoms with Crippen molar-refractivity contribution < 1.29 is 4.79 Å². The highest BCUT2D eigenvalue weighted by Crippen LogP contribution is 2.20. The first-order chi connectivity index (χ1) is 9.11. The first kappa shape index (κ1) is 12.9. The first-order valence-electron chi connectivity index (χ1n) is 6.10. The number of H-pyrrole nitrogens is 1. The SMILES string of the molecule is CC(C)NC(=O)/C(C#N)=C/c1c[nH]c2ccccc12. The summed E-state index contributed by atoms with van der Waals surface area (Å²) in [6, 6.07) is 9.71. The normalized spacial score (nSPS) is 11.6. The number of carbonyl (C=O) groups is 1. The topological polar surface area (TPSA) is 68.7 Å². The second-order valence-corrected chi connectivity index (χ2v) is 4.59. The first-order valence-corrected chi connectivity index (χ1v) is 6.10. The van der Waals surface area contributed by atoms with Gasteiger partial charge in [-0.3, -0.25) is 4.79 Å². The van der Waals surface area contributed by atoms with Crippen LogP contribution in [0.4, 0.5) is 0 Å². The highest BCUT2D eigenvalue weighted by atomic mass is 16.1. The average molecular weight is 253 g/mol. The monoisotopic (exact) mass is 253 g/mol. The van der Waals surface area contributed by atoms with Gasteiger partial charge in [0, 0.05) is 28.7 Å². The van der Waals surface area contributed by atoms with Crippen molar-refractivity contribution in [2.75, 3.05) is 0 Å². The summed E-state index contributed by atoms with van der Waals surface area (Å²) in [4.78, 5) is 14.9. The molecule has 2 aromatic rings. The molecule has 4 heteroatoms. The van der Waals surface area contributed by atoms with Crippen LogP contribution >= 0.6 is 0 Å². The highest BCUT2D eigenvalue weighted by molar-refractivity contribution is 6.04. The molecule has 2 N–H and O–H groups in total. The summed E-state index contributed by atoms with van der Waals surface area (Å²) in [5.41, 5.74) is 1.93. The van der Waals surface area contributed by atoms with E-state index in [4.69, 9.17) is 5.26 Å². The van der Waals surface area contributed by atoms with E-state index in [-0.39, 0.29) is 17.5 Å². The summed E-state index contributed by atoms with van der Waals surface area (Å²) < 4.78 is 0. The van der Waals surface area contributed by atoms with Crippen LogP contribution in [0.1, 0.15) is 19.4 Å². The molecule has 19 heavy (non-hydrogen) atoms. The van der Waals surface area contributed by atoms with E-state index >= 15 is 0 Å². The molecule has 1 amide bonds. The summed E-state index contributed by atoms with van der Waals surface area (Å²) in [7, 11) is 0. The molecule has 0 atom stereocenters. The second-order valence-electron chi connectivity index (χ2n) is 4.59. The number of hydrogen-bond acceptors (Lipinski definition) is 2. The number of aromatic amines is 1. The zero-order valence-electron chi connectivity index (χ0n) is 10.9. The van der Waals surface area contributed by atoms with Gasteiger partial charge in [-0.05, 0) is 26.0 Å². The number of hydrogen-bond donors (Lipinski definition) is 2. The molecule has 0 spiro atoms. The number of para-hydroxylation sites is 1. The molecule has 0 aliphatic heterocycles. The molecule has 0 aliphatic carbocycles. The van der Waals surface area contributed by atoms with E-state index in [9.17, 15) is 4.79 Å². The van der Waals surface area contributed by atoms with Crippen molar-refractivity contribution in [3.05, 3.63) is 41.6 Å². The van der Waals surface area contributed by atoms with E-state index in [0.29, 0.717) is 0 Å². The Bertz CT molecular complexity index is 674. The maximum atomic E-state index is 11.8. The molecule has 0 saturated carbocycles. The summed E-state index contributed by atoms with van der Waals surface area (Å²) in [5.74, 6) is -0.345. The van der Waals surface area contributed by atoms with E-state index in [1.165, 1.54) is 0 Å². The molecule has 0 bridgehead atoms. The zero-order valence-corrected chi connectivity index (χ0v) is 10.9. The number of nitrogens with zero attached hydrogens (tertiary/aromatic N) is 1. The van der Waals surface area contributed by atoms with Crippen LogP contribution in [0, 0.1) is 11.3 Å². The van der Waals surface area contributed by atoms with Gasteiger partial charge in [0.1, 0.15) is 11.6 Å². The highest BCUT2D eigenvalue weighted by Gasteiger charge is 2.11. The van der Waals surface area contributed by atoms with Gasteiger partial charge >= 0.3 is 0 Å². The number of rotatable bonds is 3. The number of carbonyl (C=O) groups excluding carboxylic acids is 1.